The number of ether oxygens (including phenoxy) is 2. The fourth-order valence-electron chi connectivity index (χ4n) is 2.06. The van der Waals surface area contributed by atoms with Crippen LogP contribution in [0.1, 0.15) is 40.0 Å². The Bertz CT molecular complexity index is 164. The molecule has 15 heavy (non-hydrogen) atoms. The summed E-state index contributed by atoms with van der Waals surface area (Å²) in [5, 5.41) is 3.61. The van der Waals surface area contributed by atoms with Crippen LogP contribution in [0.15, 0.2) is 0 Å². The maximum Gasteiger partial charge on any atom is 0.0616 e. The first-order valence-electron chi connectivity index (χ1n) is 6.21. The minimum absolute atomic E-state index is 0.450. The second-order valence-electron chi connectivity index (χ2n) is 4.35. The zero-order valence-corrected chi connectivity index (χ0v) is 10.3. The van der Waals surface area contributed by atoms with E-state index in [1.54, 1.807) is 0 Å². The summed E-state index contributed by atoms with van der Waals surface area (Å²) in [6, 6.07) is 1.06. The van der Waals surface area contributed by atoms with E-state index in [1.807, 2.05) is 6.92 Å². The molecule has 1 fully saturated rings. The molecule has 0 radical (unpaired) electrons. The van der Waals surface area contributed by atoms with Crippen molar-refractivity contribution in [2.45, 2.75) is 58.2 Å². The molecule has 1 aliphatic rings. The van der Waals surface area contributed by atoms with Gasteiger partial charge in [-0.15, -0.1) is 0 Å². The smallest absolute Gasteiger partial charge is 0.0616 e. The third kappa shape index (κ3) is 4.96. The van der Waals surface area contributed by atoms with Crippen LogP contribution in [0.3, 0.4) is 0 Å². The van der Waals surface area contributed by atoms with Crippen LogP contribution in [0.2, 0.25) is 0 Å². The van der Waals surface area contributed by atoms with E-state index in [0.29, 0.717) is 18.2 Å². The first-order valence-corrected chi connectivity index (χ1v) is 6.21. The fraction of sp³-hybridized carbons (Fsp3) is 1.00. The zero-order valence-electron chi connectivity index (χ0n) is 10.3. The lowest BCUT2D eigenvalue weighted by molar-refractivity contribution is -0.00401. The molecule has 0 aromatic carbocycles. The monoisotopic (exact) mass is 215 g/mol. The van der Waals surface area contributed by atoms with Crippen molar-refractivity contribution in [2.24, 2.45) is 0 Å². The van der Waals surface area contributed by atoms with Gasteiger partial charge in [0.25, 0.3) is 0 Å². The van der Waals surface area contributed by atoms with Crippen molar-refractivity contribution in [3.8, 4) is 0 Å². The standard InChI is InChI=1S/C12H25NO2/c1-4-12-8-11(6-7-15-12)13-10(3)9-14-5-2/h10-13H,4-9H2,1-3H3. The topological polar surface area (TPSA) is 30.5 Å². The van der Waals surface area contributed by atoms with Gasteiger partial charge in [-0.05, 0) is 33.1 Å². The van der Waals surface area contributed by atoms with Gasteiger partial charge in [0.1, 0.15) is 0 Å². The van der Waals surface area contributed by atoms with Crippen LogP contribution in [-0.2, 0) is 9.47 Å². The first kappa shape index (κ1) is 12.9. The van der Waals surface area contributed by atoms with E-state index in [1.165, 1.54) is 0 Å². The van der Waals surface area contributed by atoms with Crippen molar-refractivity contribution < 1.29 is 9.47 Å². The second-order valence-corrected chi connectivity index (χ2v) is 4.35. The Balaban J connectivity index is 2.19. The normalized spacial score (nSPS) is 29.0. The summed E-state index contributed by atoms with van der Waals surface area (Å²) in [5.41, 5.74) is 0. The molecule has 3 heteroatoms. The highest BCUT2D eigenvalue weighted by atomic mass is 16.5. The SMILES string of the molecule is CCOCC(C)NC1CCOC(CC)C1. The molecule has 3 unspecified atom stereocenters. The molecule has 0 aromatic heterocycles. The Kier molecular flexibility index (Phi) is 6.22. The lowest BCUT2D eigenvalue weighted by Gasteiger charge is -2.31. The minimum Gasteiger partial charge on any atom is -0.380 e. The molecule has 0 saturated carbocycles. The van der Waals surface area contributed by atoms with E-state index in [2.05, 4.69) is 19.2 Å². The van der Waals surface area contributed by atoms with E-state index in [9.17, 15) is 0 Å². The van der Waals surface area contributed by atoms with Crippen LogP contribution in [0, 0.1) is 0 Å². The van der Waals surface area contributed by atoms with Gasteiger partial charge in [0.2, 0.25) is 0 Å². The average molecular weight is 215 g/mol. The minimum atomic E-state index is 0.450. The Morgan fingerprint density at radius 3 is 2.93 bits per heavy atom. The Morgan fingerprint density at radius 1 is 1.47 bits per heavy atom. The maximum atomic E-state index is 5.65. The van der Waals surface area contributed by atoms with Gasteiger partial charge in [0.15, 0.2) is 0 Å². The van der Waals surface area contributed by atoms with Gasteiger partial charge < -0.3 is 14.8 Å². The van der Waals surface area contributed by atoms with Crippen LogP contribution in [0.5, 0.6) is 0 Å². The van der Waals surface area contributed by atoms with Crippen LogP contribution >= 0.6 is 0 Å². The summed E-state index contributed by atoms with van der Waals surface area (Å²) >= 11 is 0. The summed E-state index contributed by atoms with van der Waals surface area (Å²) < 4.78 is 11.0. The largest absolute Gasteiger partial charge is 0.380 e. The van der Waals surface area contributed by atoms with E-state index < -0.39 is 0 Å². The Morgan fingerprint density at radius 2 is 2.27 bits per heavy atom. The Hall–Kier alpha value is -0.120. The van der Waals surface area contributed by atoms with Crippen molar-refractivity contribution in [1.82, 2.24) is 5.32 Å². The molecule has 1 N–H and O–H groups in total. The molecule has 1 rings (SSSR count). The lowest BCUT2D eigenvalue weighted by atomic mass is 10.0. The molecule has 3 nitrogen and oxygen atoms in total. The number of nitrogens with one attached hydrogen (secondary N) is 1. The van der Waals surface area contributed by atoms with Gasteiger partial charge in [-0.25, -0.2) is 0 Å². The molecular weight excluding hydrogens is 190 g/mol. The first-order chi connectivity index (χ1) is 7.26. The summed E-state index contributed by atoms with van der Waals surface area (Å²) in [6.45, 7) is 8.93. The molecule has 0 aromatic rings. The highest BCUT2D eigenvalue weighted by Gasteiger charge is 2.22. The van der Waals surface area contributed by atoms with Gasteiger partial charge >= 0.3 is 0 Å². The van der Waals surface area contributed by atoms with Crippen molar-refractivity contribution in [3.05, 3.63) is 0 Å². The van der Waals surface area contributed by atoms with E-state index in [4.69, 9.17) is 9.47 Å². The molecule has 0 spiro atoms. The van der Waals surface area contributed by atoms with Crippen LogP contribution in [0.25, 0.3) is 0 Å². The quantitative estimate of drug-likeness (QED) is 0.734. The third-order valence-corrected chi connectivity index (χ3v) is 2.91. The third-order valence-electron chi connectivity index (χ3n) is 2.91. The molecule has 0 amide bonds. The lowest BCUT2D eigenvalue weighted by Crippen LogP contribution is -2.44. The molecule has 1 saturated heterocycles. The molecule has 90 valence electrons. The highest BCUT2D eigenvalue weighted by molar-refractivity contribution is 4.78. The Labute approximate surface area is 93.5 Å². The highest BCUT2D eigenvalue weighted by Crippen LogP contribution is 2.16. The predicted octanol–water partition coefficient (Wildman–Crippen LogP) is 1.96. The van der Waals surface area contributed by atoms with Crippen LogP contribution in [-0.4, -0.2) is 38.0 Å². The van der Waals surface area contributed by atoms with Crippen molar-refractivity contribution in [2.75, 3.05) is 19.8 Å². The predicted molar refractivity (Wildman–Crippen MR) is 62.1 cm³/mol. The summed E-state index contributed by atoms with van der Waals surface area (Å²) in [4.78, 5) is 0. The van der Waals surface area contributed by atoms with Crippen molar-refractivity contribution >= 4 is 0 Å². The zero-order chi connectivity index (χ0) is 11.1. The second kappa shape index (κ2) is 7.20. The summed E-state index contributed by atoms with van der Waals surface area (Å²) in [5.74, 6) is 0. The van der Waals surface area contributed by atoms with Gasteiger partial charge in [-0.2, -0.15) is 0 Å². The van der Waals surface area contributed by atoms with Gasteiger partial charge in [0, 0.05) is 25.3 Å². The number of hydrogen-bond donors (Lipinski definition) is 1. The van der Waals surface area contributed by atoms with Crippen LogP contribution in [0.4, 0.5) is 0 Å². The average Bonchev–Trinajstić information content (AvgIpc) is 2.26. The van der Waals surface area contributed by atoms with E-state index >= 15 is 0 Å². The summed E-state index contributed by atoms with van der Waals surface area (Å²) in [7, 11) is 0. The molecule has 0 bridgehead atoms. The molecule has 3 atom stereocenters. The van der Waals surface area contributed by atoms with Gasteiger partial charge in [0.05, 0.1) is 12.7 Å². The fourth-order valence-corrected chi connectivity index (χ4v) is 2.06. The number of hydrogen-bond acceptors (Lipinski definition) is 3. The van der Waals surface area contributed by atoms with Gasteiger partial charge in [-0.1, -0.05) is 6.92 Å². The molecule has 1 aliphatic heterocycles. The van der Waals surface area contributed by atoms with Crippen molar-refractivity contribution in [3.63, 3.8) is 0 Å². The molecular formula is C12H25NO2. The number of rotatable bonds is 6. The molecule has 1 heterocycles. The molecule has 0 aliphatic carbocycles. The maximum absolute atomic E-state index is 5.65. The van der Waals surface area contributed by atoms with Crippen LogP contribution < -0.4 is 5.32 Å². The van der Waals surface area contributed by atoms with E-state index in [0.717, 1.165) is 39.1 Å². The summed E-state index contributed by atoms with van der Waals surface area (Å²) in [6.07, 6.45) is 3.85. The van der Waals surface area contributed by atoms with E-state index in [-0.39, 0.29) is 0 Å². The van der Waals surface area contributed by atoms with Gasteiger partial charge in [-0.3, -0.25) is 0 Å². The van der Waals surface area contributed by atoms with Crippen molar-refractivity contribution in [1.29, 1.82) is 0 Å².